The lowest BCUT2D eigenvalue weighted by atomic mass is 9.94. The molecule has 1 saturated heterocycles. The molecule has 0 spiro atoms. The van der Waals surface area contributed by atoms with Crippen molar-refractivity contribution in [2.75, 3.05) is 26.3 Å². The number of nitrogens with one attached hydrogen (secondary N) is 1. The van der Waals surface area contributed by atoms with E-state index in [2.05, 4.69) is 10.2 Å². The standard InChI is InChI=1S/C25H33FN2O3/c1-4-30-23-11-8-21(16-24(23)31-5-2)18(3)27-25(29)20-12-14-28(15-13-20)17-19-6-9-22(26)10-7-19/h6-11,16,18,20H,4-5,12-15,17H2,1-3H3,(H,27,29)/t18-/m0/s1. The van der Waals surface area contributed by atoms with Gasteiger partial charge in [0.25, 0.3) is 0 Å². The lowest BCUT2D eigenvalue weighted by molar-refractivity contribution is -0.127. The molecule has 1 atom stereocenters. The van der Waals surface area contributed by atoms with E-state index in [4.69, 9.17) is 9.47 Å². The summed E-state index contributed by atoms with van der Waals surface area (Å²) in [6.07, 6.45) is 1.65. The number of ether oxygens (including phenoxy) is 2. The molecule has 0 bridgehead atoms. The molecule has 0 aliphatic carbocycles. The molecule has 0 aromatic heterocycles. The second kappa shape index (κ2) is 11.1. The van der Waals surface area contributed by atoms with E-state index in [1.807, 2.05) is 51.1 Å². The maximum absolute atomic E-state index is 13.1. The van der Waals surface area contributed by atoms with Gasteiger partial charge >= 0.3 is 0 Å². The van der Waals surface area contributed by atoms with E-state index in [1.54, 1.807) is 0 Å². The minimum absolute atomic E-state index is 0.0148. The third-order valence-corrected chi connectivity index (χ3v) is 5.70. The highest BCUT2D eigenvalue weighted by Gasteiger charge is 2.26. The smallest absolute Gasteiger partial charge is 0.223 e. The van der Waals surface area contributed by atoms with Crippen LogP contribution in [0.15, 0.2) is 42.5 Å². The Labute approximate surface area is 184 Å². The monoisotopic (exact) mass is 428 g/mol. The Morgan fingerprint density at radius 1 is 1.06 bits per heavy atom. The first-order chi connectivity index (χ1) is 15.0. The normalized spacial score (nSPS) is 16.0. The number of rotatable bonds is 9. The minimum Gasteiger partial charge on any atom is -0.490 e. The van der Waals surface area contributed by atoms with Crippen molar-refractivity contribution in [3.63, 3.8) is 0 Å². The SMILES string of the molecule is CCOc1ccc([C@H](C)NC(=O)C2CCN(Cc3ccc(F)cc3)CC2)cc1OCC. The summed E-state index contributed by atoms with van der Waals surface area (Å²) < 4.78 is 24.4. The summed E-state index contributed by atoms with van der Waals surface area (Å²) in [4.78, 5) is 15.2. The second-order valence-electron chi connectivity index (χ2n) is 7.98. The number of amides is 1. The van der Waals surface area contributed by atoms with Crippen LogP contribution >= 0.6 is 0 Å². The molecule has 1 heterocycles. The molecule has 1 aliphatic rings. The van der Waals surface area contributed by atoms with E-state index in [0.29, 0.717) is 19.0 Å². The van der Waals surface area contributed by atoms with Crippen LogP contribution in [0.2, 0.25) is 0 Å². The Bertz CT molecular complexity index is 848. The van der Waals surface area contributed by atoms with Gasteiger partial charge in [0.1, 0.15) is 5.82 Å². The average molecular weight is 429 g/mol. The fourth-order valence-corrected chi connectivity index (χ4v) is 3.95. The average Bonchev–Trinajstić information content (AvgIpc) is 2.77. The maximum atomic E-state index is 13.1. The number of carbonyl (C=O) groups excluding carboxylic acids is 1. The van der Waals surface area contributed by atoms with Gasteiger partial charge in [-0.15, -0.1) is 0 Å². The van der Waals surface area contributed by atoms with E-state index in [1.165, 1.54) is 12.1 Å². The molecule has 5 nitrogen and oxygen atoms in total. The first-order valence-corrected chi connectivity index (χ1v) is 11.2. The Hall–Kier alpha value is -2.60. The van der Waals surface area contributed by atoms with Crippen molar-refractivity contribution in [1.29, 1.82) is 0 Å². The number of halogens is 1. The van der Waals surface area contributed by atoms with Gasteiger partial charge in [0, 0.05) is 12.5 Å². The second-order valence-corrected chi connectivity index (χ2v) is 7.98. The lowest BCUT2D eigenvalue weighted by Crippen LogP contribution is -2.40. The molecule has 1 fully saturated rings. The van der Waals surface area contributed by atoms with Crippen LogP contribution in [0.4, 0.5) is 4.39 Å². The third-order valence-electron chi connectivity index (χ3n) is 5.70. The fourth-order valence-electron chi connectivity index (χ4n) is 3.95. The van der Waals surface area contributed by atoms with Crippen LogP contribution in [-0.4, -0.2) is 37.1 Å². The first-order valence-electron chi connectivity index (χ1n) is 11.2. The van der Waals surface area contributed by atoms with E-state index in [-0.39, 0.29) is 23.7 Å². The number of benzene rings is 2. The highest BCUT2D eigenvalue weighted by Crippen LogP contribution is 2.31. The molecular weight excluding hydrogens is 395 g/mol. The molecule has 0 saturated carbocycles. The molecule has 3 rings (SSSR count). The molecule has 1 aliphatic heterocycles. The Balaban J connectivity index is 1.52. The van der Waals surface area contributed by atoms with Crippen LogP contribution in [-0.2, 0) is 11.3 Å². The fraction of sp³-hybridized carbons (Fsp3) is 0.480. The van der Waals surface area contributed by atoms with Gasteiger partial charge in [-0.25, -0.2) is 4.39 Å². The molecule has 2 aromatic rings. The lowest BCUT2D eigenvalue weighted by Gasteiger charge is -2.32. The van der Waals surface area contributed by atoms with Crippen LogP contribution in [0, 0.1) is 11.7 Å². The minimum atomic E-state index is -0.214. The van der Waals surface area contributed by atoms with Gasteiger partial charge in [-0.3, -0.25) is 9.69 Å². The molecule has 0 radical (unpaired) electrons. The summed E-state index contributed by atoms with van der Waals surface area (Å²) in [5.41, 5.74) is 2.09. The van der Waals surface area contributed by atoms with Crippen LogP contribution in [0.5, 0.6) is 11.5 Å². The largest absolute Gasteiger partial charge is 0.490 e. The molecule has 168 valence electrons. The summed E-state index contributed by atoms with van der Waals surface area (Å²) in [5.74, 6) is 1.33. The van der Waals surface area contributed by atoms with Gasteiger partial charge in [0.15, 0.2) is 11.5 Å². The van der Waals surface area contributed by atoms with Crippen molar-refractivity contribution >= 4 is 5.91 Å². The number of hydrogen-bond donors (Lipinski definition) is 1. The van der Waals surface area contributed by atoms with Crippen molar-refractivity contribution in [3.8, 4) is 11.5 Å². The van der Waals surface area contributed by atoms with Crippen molar-refractivity contribution in [1.82, 2.24) is 10.2 Å². The summed E-state index contributed by atoms with van der Waals surface area (Å²) in [7, 11) is 0. The number of carbonyl (C=O) groups is 1. The van der Waals surface area contributed by atoms with Crippen molar-refractivity contribution in [3.05, 3.63) is 59.4 Å². The van der Waals surface area contributed by atoms with Crippen LogP contribution in [0.1, 0.15) is 50.8 Å². The molecule has 6 heteroatoms. The van der Waals surface area contributed by atoms with Gasteiger partial charge in [-0.2, -0.15) is 0 Å². The van der Waals surface area contributed by atoms with Crippen molar-refractivity contribution in [2.45, 2.75) is 46.2 Å². The molecule has 1 amide bonds. The zero-order valence-electron chi connectivity index (χ0n) is 18.7. The Kier molecular flexibility index (Phi) is 8.29. The van der Waals surface area contributed by atoms with Crippen molar-refractivity contribution in [2.24, 2.45) is 5.92 Å². The van der Waals surface area contributed by atoms with Crippen molar-refractivity contribution < 1.29 is 18.7 Å². The quantitative estimate of drug-likeness (QED) is 0.628. The van der Waals surface area contributed by atoms with E-state index >= 15 is 0 Å². The van der Waals surface area contributed by atoms with E-state index < -0.39 is 0 Å². The highest BCUT2D eigenvalue weighted by molar-refractivity contribution is 5.79. The highest BCUT2D eigenvalue weighted by atomic mass is 19.1. The molecule has 2 aromatic carbocycles. The summed E-state index contributed by atoms with van der Waals surface area (Å²) in [5, 5.41) is 3.16. The number of likely N-dealkylation sites (tertiary alicyclic amines) is 1. The van der Waals surface area contributed by atoms with Crippen LogP contribution in [0.25, 0.3) is 0 Å². The van der Waals surface area contributed by atoms with Gasteiger partial charge in [-0.1, -0.05) is 18.2 Å². The zero-order valence-corrected chi connectivity index (χ0v) is 18.7. The topological polar surface area (TPSA) is 50.8 Å². The molecule has 0 unspecified atom stereocenters. The zero-order chi connectivity index (χ0) is 22.2. The van der Waals surface area contributed by atoms with Gasteiger partial charge in [-0.05, 0) is 82.1 Å². The third kappa shape index (κ3) is 6.44. The molecule has 1 N–H and O–H groups in total. The summed E-state index contributed by atoms with van der Waals surface area (Å²) in [6.45, 7) is 9.52. The molecule has 31 heavy (non-hydrogen) atoms. The first kappa shape index (κ1) is 23.1. The summed E-state index contributed by atoms with van der Waals surface area (Å²) in [6, 6.07) is 12.4. The number of nitrogens with zero attached hydrogens (tertiary/aromatic N) is 1. The number of piperidine rings is 1. The predicted molar refractivity (Wildman–Crippen MR) is 120 cm³/mol. The van der Waals surface area contributed by atoms with E-state index in [9.17, 15) is 9.18 Å². The van der Waals surface area contributed by atoms with Gasteiger partial charge in [0.05, 0.1) is 19.3 Å². The Morgan fingerprint density at radius 2 is 1.71 bits per heavy atom. The van der Waals surface area contributed by atoms with Crippen LogP contribution < -0.4 is 14.8 Å². The predicted octanol–water partition coefficient (Wildman–Crippen LogP) is 4.71. The van der Waals surface area contributed by atoms with Crippen LogP contribution in [0.3, 0.4) is 0 Å². The van der Waals surface area contributed by atoms with Gasteiger partial charge < -0.3 is 14.8 Å². The van der Waals surface area contributed by atoms with Gasteiger partial charge in [0.2, 0.25) is 5.91 Å². The Morgan fingerprint density at radius 3 is 2.35 bits per heavy atom. The number of hydrogen-bond acceptors (Lipinski definition) is 4. The summed E-state index contributed by atoms with van der Waals surface area (Å²) >= 11 is 0. The molecular formula is C25H33FN2O3. The van der Waals surface area contributed by atoms with E-state index in [0.717, 1.165) is 49.4 Å². The maximum Gasteiger partial charge on any atom is 0.223 e.